The van der Waals surface area contributed by atoms with Gasteiger partial charge in [-0.25, -0.2) is 4.39 Å². The lowest BCUT2D eigenvalue weighted by Crippen LogP contribution is -2.05. The SMILES string of the molecule is Cc1ccc(C(=O)c2cccc3ncccc23)c(F)c1. The minimum Gasteiger partial charge on any atom is -0.288 e. The first-order valence-corrected chi connectivity index (χ1v) is 6.31. The van der Waals surface area contributed by atoms with Gasteiger partial charge < -0.3 is 0 Å². The molecule has 0 spiro atoms. The van der Waals surface area contributed by atoms with Crippen molar-refractivity contribution in [3.63, 3.8) is 0 Å². The fraction of sp³-hybridized carbons (Fsp3) is 0.0588. The quantitative estimate of drug-likeness (QED) is 0.657. The molecule has 1 heterocycles. The molecule has 0 N–H and O–H groups in total. The first kappa shape index (κ1) is 12.5. The molecule has 2 nitrogen and oxygen atoms in total. The second kappa shape index (κ2) is 4.85. The number of carbonyl (C=O) groups excluding carboxylic acids is 1. The van der Waals surface area contributed by atoms with Gasteiger partial charge in [0.05, 0.1) is 11.1 Å². The van der Waals surface area contributed by atoms with Crippen molar-refractivity contribution >= 4 is 16.7 Å². The van der Waals surface area contributed by atoms with Crippen LogP contribution in [0, 0.1) is 12.7 Å². The van der Waals surface area contributed by atoms with Gasteiger partial charge in [-0.05, 0) is 36.8 Å². The maximum absolute atomic E-state index is 14.0. The lowest BCUT2D eigenvalue weighted by atomic mass is 9.98. The van der Waals surface area contributed by atoms with Gasteiger partial charge in [-0.3, -0.25) is 9.78 Å². The number of aromatic nitrogens is 1. The third kappa shape index (κ3) is 2.07. The summed E-state index contributed by atoms with van der Waals surface area (Å²) < 4.78 is 14.0. The Bertz CT molecular complexity index is 806. The molecule has 0 saturated heterocycles. The topological polar surface area (TPSA) is 30.0 Å². The smallest absolute Gasteiger partial charge is 0.196 e. The number of carbonyl (C=O) groups is 1. The number of pyridine rings is 1. The predicted octanol–water partition coefficient (Wildman–Crippen LogP) is 3.91. The number of hydrogen-bond acceptors (Lipinski definition) is 2. The van der Waals surface area contributed by atoms with Gasteiger partial charge in [0.15, 0.2) is 5.78 Å². The van der Waals surface area contributed by atoms with Crippen molar-refractivity contribution in [3.05, 3.63) is 77.2 Å². The summed E-state index contributed by atoms with van der Waals surface area (Å²) in [4.78, 5) is 16.7. The molecule has 0 atom stereocenters. The molecule has 0 aliphatic carbocycles. The van der Waals surface area contributed by atoms with Crippen molar-refractivity contribution in [2.45, 2.75) is 6.92 Å². The molecule has 0 radical (unpaired) electrons. The molecule has 0 fully saturated rings. The average molecular weight is 265 g/mol. The number of ketones is 1. The number of benzene rings is 2. The summed E-state index contributed by atoms with van der Waals surface area (Å²) in [5, 5.41) is 0.736. The first-order chi connectivity index (χ1) is 9.66. The van der Waals surface area contributed by atoms with Gasteiger partial charge in [0.1, 0.15) is 5.82 Å². The van der Waals surface area contributed by atoms with Crippen LogP contribution >= 0.6 is 0 Å². The van der Waals surface area contributed by atoms with Crippen LogP contribution in [-0.2, 0) is 0 Å². The molecule has 3 heteroatoms. The lowest BCUT2D eigenvalue weighted by molar-refractivity contribution is 0.103. The summed E-state index contributed by atoms with van der Waals surface area (Å²) >= 11 is 0. The number of nitrogens with zero attached hydrogens (tertiary/aromatic N) is 1. The van der Waals surface area contributed by atoms with Crippen LogP contribution in [0.2, 0.25) is 0 Å². The maximum atomic E-state index is 14.0. The van der Waals surface area contributed by atoms with E-state index in [2.05, 4.69) is 4.98 Å². The Balaban J connectivity index is 2.18. The normalized spacial score (nSPS) is 10.7. The van der Waals surface area contributed by atoms with Gasteiger partial charge in [-0.15, -0.1) is 0 Å². The third-order valence-corrected chi connectivity index (χ3v) is 3.26. The third-order valence-electron chi connectivity index (χ3n) is 3.26. The summed E-state index contributed by atoms with van der Waals surface area (Å²) in [6, 6.07) is 13.5. The highest BCUT2D eigenvalue weighted by atomic mass is 19.1. The molecule has 3 rings (SSSR count). The van der Waals surface area contributed by atoms with Gasteiger partial charge in [0.25, 0.3) is 0 Å². The number of rotatable bonds is 2. The van der Waals surface area contributed by atoms with Gasteiger partial charge in [0.2, 0.25) is 0 Å². The van der Waals surface area contributed by atoms with E-state index in [1.165, 1.54) is 12.1 Å². The molecular weight excluding hydrogens is 253 g/mol. The summed E-state index contributed by atoms with van der Waals surface area (Å²) in [5.41, 5.74) is 2.08. The van der Waals surface area contributed by atoms with E-state index in [-0.39, 0.29) is 11.3 Å². The molecule has 98 valence electrons. The minimum absolute atomic E-state index is 0.0898. The first-order valence-electron chi connectivity index (χ1n) is 6.31. The van der Waals surface area contributed by atoms with Crippen LogP contribution in [0.1, 0.15) is 21.5 Å². The van der Waals surface area contributed by atoms with Crippen LogP contribution < -0.4 is 0 Å². The van der Waals surface area contributed by atoms with E-state index in [1.54, 1.807) is 37.4 Å². The zero-order valence-electron chi connectivity index (χ0n) is 10.9. The van der Waals surface area contributed by atoms with Crippen molar-refractivity contribution in [1.29, 1.82) is 0 Å². The van der Waals surface area contributed by atoms with E-state index in [0.717, 1.165) is 16.5 Å². The average Bonchev–Trinajstić information content (AvgIpc) is 2.46. The van der Waals surface area contributed by atoms with Crippen LogP contribution in [0.25, 0.3) is 10.9 Å². The molecule has 3 aromatic rings. The number of hydrogen-bond donors (Lipinski definition) is 0. The fourth-order valence-corrected chi connectivity index (χ4v) is 2.25. The van der Waals surface area contributed by atoms with Crippen molar-refractivity contribution in [3.8, 4) is 0 Å². The minimum atomic E-state index is -0.490. The van der Waals surface area contributed by atoms with Crippen LogP contribution in [0.5, 0.6) is 0 Å². The summed E-state index contributed by atoms with van der Waals surface area (Å²) in [7, 11) is 0. The van der Waals surface area contributed by atoms with Crippen molar-refractivity contribution in [2.75, 3.05) is 0 Å². The Morgan fingerprint density at radius 1 is 1.05 bits per heavy atom. The maximum Gasteiger partial charge on any atom is 0.196 e. The van der Waals surface area contributed by atoms with Crippen LogP contribution in [0.4, 0.5) is 4.39 Å². The second-order valence-corrected chi connectivity index (χ2v) is 4.69. The van der Waals surface area contributed by atoms with Crippen LogP contribution in [0.15, 0.2) is 54.7 Å². The Morgan fingerprint density at radius 2 is 1.90 bits per heavy atom. The highest BCUT2D eigenvalue weighted by molar-refractivity contribution is 6.16. The Labute approximate surface area is 115 Å². The molecule has 0 aliphatic rings. The zero-order valence-corrected chi connectivity index (χ0v) is 10.9. The standard InChI is InChI=1S/C17H12FNO/c1-11-7-8-14(15(18)10-11)17(20)13-4-2-6-16-12(13)5-3-9-19-16/h2-10H,1H3. The number of halogens is 1. The van der Waals surface area contributed by atoms with E-state index in [4.69, 9.17) is 0 Å². The molecule has 20 heavy (non-hydrogen) atoms. The van der Waals surface area contributed by atoms with Gasteiger partial charge in [-0.2, -0.15) is 0 Å². The zero-order chi connectivity index (χ0) is 14.1. The van der Waals surface area contributed by atoms with Gasteiger partial charge >= 0.3 is 0 Å². The van der Waals surface area contributed by atoms with Gasteiger partial charge in [0, 0.05) is 17.1 Å². The summed E-state index contributed by atoms with van der Waals surface area (Å²) in [5.74, 6) is -0.808. The molecular formula is C17H12FNO. The van der Waals surface area contributed by atoms with E-state index in [1.807, 2.05) is 12.1 Å². The van der Waals surface area contributed by atoms with Gasteiger partial charge in [-0.1, -0.05) is 24.3 Å². The second-order valence-electron chi connectivity index (χ2n) is 4.69. The predicted molar refractivity (Wildman–Crippen MR) is 76.3 cm³/mol. The number of fused-ring (bicyclic) bond motifs is 1. The molecule has 0 saturated carbocycles. The molecule has 2 aromatic carbocycles. The van der Waals surface area contributed by atoms with Crippen molar-refractivity contribution < 1.29 is 9.18 Å². The van der Waals surface area contributed by atoms with Crippen molar-refractivity contribution in [2.24, 2.45) is 0 Å². The highest BCUT2D eigenvalue weighted by Crippen LogP contribution is 2.21. The summed E-state index contributed by atoms with van der Waals surface area (Å²) in [6.07, 6.45) is 1.67. The molecule has 0 bridgehead atoms. The summed E-state index contributed by atoms with van der Waals surface area (Å²) in [6.45, 7) is 1.79. The van der Waals surface area contributed by atoms with E-state index < -0.39 is 5.82 Å². The molecule has 0 unspecified atom stereocenters. The van der Waals surface area contributed by atoms with E-state index >= 15 is 0 Å². The fourth-order valence-electron chi connectivity index (χ4n) is 2.25. The van der Waals surface area contributed by atoms with Crippen LogP contribution in [-0.4, -0.2) is 10.8 Å². The monoisotopic (exact) mass is 265 g/mol. The lowest BCUT2D eigenvalue weighted by Gasteiger charge is -2.06. The Kier molecular flexibility index (Phi) is 3.03. The highest BCUT2D eigenvalue weighted by Gasteiger charge is 2.16. The van der Waals surface area contributed by atoms with Crippen LogP contribution in [0.3, 0.4) is 0 Å². The van der Waals surface area contributed by atoms with E-state index in [0.29, 0.717) is 5.56 Å². The van der Waals surface area contributed by atoms with E-state index in [9.17, 15) is 9.18 Å². The Hall–Kier alpha value is -2.55. The Morgan fingerprint density at radius 3 is 2.70 bits per heavy atom. The van der Waals surface area contributed by atoms with Crippen molar-refractivity contribution in [1.82, 2.24) is 4.98 Å². The molecule has 0 amide bonds. The molecule has 0 aliphatic heterocycles. The molecule has 1 aromatic heterocycles. The number of aryl methyl sites for hydroxylation is 1. The largest absolute Gasteiger partial charge is 0.288 e.